The topological polar surface area (TPSA) is 21.3 Å². The van der Waals surface area contributed by atoms with Crippen LogP contribution in [0.4, 0.5) is 0 Å². The van der Waals surface area contributed by atoms with E-state index in [0.717, 1.165) is 32.2 Å². The molecule has 1 atom stereocenters. The SMILES string of the molecule is CC(CNC1CC1)c1ccc(COCCC(C)(C)C)cc1. The van der Waals surface area contributed by atoms with E-state index in [2.05, 4.69) is 57.3 Å². The molecule has 0 bridgehead atoms. The second-order valence-corrected chi connectivity index (χ2v) is 7.69. The van der Waals surface area contributed by atoms with Crippen molar-refractivity contribution in [1.82, 2.24) is 5.32 Å². The second kappa shape index (κ2) is 7.42. The molecule has 1 saturated carbocycles. The molecule has 1 unspecified atom stereocenters. The molecule has 1 aromatic rings. The zero-order valence-electron chi connectivity index (χ0n) is 14.1. The molecule has 1 N–H and O–H groups in total. The van der Waals surface area contributed by atoms with Crippen LogP contribution in [0.3, 0.4) is 0 Å². The van der Waals surface area contributed by atoms with Crippen molar-refractivity contribution in [2.75, 3.05) is 13.2 Å². The highest BCUT2D eigenvalue weighted by Crippen LogP contribution is 2.22. The third-order valence-electron chi connectivity index (χ3n) is 4.10. The van der Waals surface area contributed by atoms with Crippen molar-refractivity contribution >= 4 is 0 Å². The molecule has 0 aromatic heterocycles. The van der Waals surface area contributed by atoms with Crippen LogP contribution in [-0.4, -0.2) is 19.2 Å². The lowest BCUT2D eigenvalue weighted by atomic mass is 9.93. The molecule has 0 aliphatic heterocycles. The van der Waals surface area contributed by atoms with Gasteiger partial charge in [-0.3, -0.25) is 0 Å². The van der Waals surface area contributed by atoms with E-state index in [0.29, 0.717) is 11.3 Å². The van der Waals surface area contributed by atoms with Gasteiger partial charge in [-0.2, -0.15) is 0 Å². The van der Waals surface area contributed by atoms with Gasteiger partial charge in [0.15, 0.2) is 0 Å². The minimum atomic E-state index is 0.355. The van der Waals surface area contributed by atoms with Gasteiger partial charge in [-0.15, -0.1) is 0 Å². The van der Waals surface area contributed by atoms with Crippen molar-refractivity contribution in [3.63, 3.8) is 0 Å². The van der Waals surface area contributed by atoms with Gasteiger partial charge in [-0.1, -0.05) is 52.0 Å². The summed E-state index contributed by atoms with van der Waals surface area (Å²) in [5.41, 5.74) is 3.05. The molecule has 0 spiro atoms. The molecular formula is C19H31NO. The lowest BCUT2D eigenvalue weighted by Crippen LogP contribution is -2.21. The summed E-state index contributed by atoms with van der Waals surface area (Å²) in [5, 5.41) is 3.60. The van der Waals surface area contributed by atoms with Gasteiger partial charge in [-0.25, -0.2) is 0 Å². The number of nitrogens with one attached hydrogen (secondary N) is 1. The highest BCUT2D eigenvalue weighted by molar-refractivity contribution is 5.25. The van der Waals surface area contributed by atoms with Crippen LogP contribution in [0.25, 0.3) is 0 Å². The van der Waals surface area contributed by atoms with Crippen molar-refractivity contribution < 1.29 is 4.74 Å². The fourth-order valence-corrected chi connectivity index (χ4v) is 2.26. The standard InChI is InChI=1S/C19H31NO/c1-15(13-20-18-9-10-18)17-7-5-16(6-8-17)14-21-12-11-19(2,3)4/h5-8,15,18,20H,9-14H2,1-4H3. The van der Waals surface area contributed by atoms with Gasteiger partial charge in [0.05, 0.1) is 6.61 Å². The molecule has 1 aliphatic carbocycles. The highest BCUT2D eigenvalue weighted by atomic mass is 16.5. The predicted molar refractivity (Wildman–Crippen MR) is 89.6 cm³/mol. The van der Waals surface area contributed by atoms with Crippen LogP contribution in [0.1, 0.15) is 64.0 Å². The molecule has 0 amide bonds. The van der Waals surface area contributed by atoms with E-state index in [1.165, 1.54) is 24.0 Å². The Balaban J connectivity index is 1.70. The first-order valence-corrected chi connectivity index (χ1v) is 8.34. The second-order valence-electron chi connectivity index (χ2n) is 7.69. The minimum absolute atomic E-state index is 0.355. The van der Waals surface area contributed by atoms with Crippen LogP contribution in [0.15, 0.2) is 24.3 Å². The molecule has 0 radical (unpaired) electrons. The molecule has 2 rings (SSSR count). The minimum Gasteiger partial charge on any atom is -0.377 e. The van der Waals surface area contributed by atoms with Crippen LogP contribution in [0.2, 0.25) is 0 Å². The van der Waals surface area contributed by atoms with E-state index in [-0.39, 0.29) is 0 Å². The molecule has 0 heterocycles. The summed E-state index contributed by atoms with van der Waals surface area (Å²) in [7, 11) is 0. The summed E-state index contributed by atoms with van der Waals surface area (Å²) < 4.78 is 5.77. The fraction of sp³-hybridized carbons (Fsp3) is 0.684. The number of hydrogen-bond acceptors (Lipinski definition) is 2. The van der Waals surface area contributed by atoms with Crippen LogP contribution in [0, 0.1) is 5.41 Å². The Morgan fingerprint density at radius 2 is 1.86 bits per heavy atom. The quantitative estimate of drug-likeness (QED) is 0.712. The molecule has 1 aliphatic rings. The van der Waals surface area contributed by atoms with Gasteiger partial charge in [0.1, 0.15) is 0 Å². The summed E-state index contributed by atoms with van der Waals surface area (Å²) in [6.07, 6.45) is 3.82. The normalized spacial score (nSPS) is 17.0. The molecule has 1 fully saturated rings. The molecular weight excluding hydrogens is 258 g/mol. The Kier molecular flexibility index (Phi) is 5.83. The first kappa shape index (κ1) is 16.5. The Labute approximate surface area is 130 Å². The summed E-state index contributed by atoms with van der Waals surface area (Å²) >= 11 is 0. The van der Waals surface area contributed by atoms with E-state index in [4.69, 9.17) is 4.74 Å². The molecule has 21 heavy (non-hydrogen) atoms. The first-order chi connectivity index (χ1) is 9.94. The maximum Gasteiger partial charge on any atom is 0.0716 e. The average Bonchev–Trinajstić information content (AvgIpc) is 3.25. The van der Waals surface area contributed by atoms with E-state index in [9.17, 15) is 0 Å². The van der Waals surface area contributed by atoms with Gasteiger partial charge in [-0.05, 0) is 41.7 Å². The molecule has 2 nitrogen and oxygen atoms in total. The number of hydrogen-bond donors (Lipinski definition) is 1. The predicted octanol–water partition coefficient (Wildman–Crippen LogP) is 4.49. The third kappa shape index (κ3) is 6.62. The van der Waals surface area contributed by atoms with Gasteiger partial charge < -0.3 is 10.1 Å². The Hall–Kier alpha value is -0.860. The van der Waals surface area contributed by atoms with Crippen molar-refractivity contribution in [2.45, 2.75) is 65.5 Å². The van der Waals surface area contributed by atoms with Gasteiger partial charge in [0, 0.05) is 19.2 Å². The average molecular weight is 289 g/mol. The lowest BCUT2D eigenvalue weighted by molar-refractivity contribution is 0.0962. The van der Waals surface area contributed by atoms with Crippen LogP contribution in [0.5, 0.6) is 0 Å². The largest absolute Gasteiger partial charge is 0.377 e. The van der Waals surface area contributed by atoms with Crippen molar-refractivity contribution in [3.05, 3.63) is 35.4 Å². The maximum absolute atomic E-state index is 5.77. The monoisotopic (exact) mass is 289 g/mol. The molecule has 0 saturated heterocycles. The van der Waals surface area contributed by atoms with Gasteiger partial charge >= 0.3 is 0 Å². The fourth-order valence-electron chi connectivity index (χ4n) is 2.26. The van der Waals surface area contributed by atoms with Crippen molar-refractivity contribution in [1.29, 1.82) is 0 Å². The Bertz CT molecular complexity index is 414. The lowest BCUT2D eigenvalue weighted by Gasteiger charge is -2.17. The third-order valence-corrected chi connectivity index (χ3v) is 4.10. The van der Waals surface area contributed by atoms with Gasteiger partial charge in [0.2, 0.25) is 0 Å². The van der Waals surface area contributed by atoms with E-state index in [1.54, 1.807) is 0 Å². The zero-order valence-corrected chi connectivity index (χ0v) is 14.1. The van der Waals surface area contributed by atoms with E-state index < -0.39 is 0 Å². The summed E-state index contributed by atoms with van der Waals surface area (Å²) in [5.74, 6) is 0.585. The van der Waals surface area contributed by atoms with Crippen LogP contribution in [-0.2, 0) is 11.3 Å². The number of rotatable bonds is 8. The number of benzene rings is 1. The maximum atomic E-state index is 5.77. The zero-order chi connectivity index (χ0) is 15.3. The summed E-state index contributed by atoms with van der Waals surface area (Å²) in [6.45, 7) is 11.7. The van der Waals surface area contributed by atoms with E-state index in [1.807, 2.05) is 0 Å². The van der Waals surface area contributed by atoms with Gasteiger partial charge in [0.25, 0.3) is 0 Å². The smallest absolute Gasteiger partial charge is 0.0716 e. The molecule has 118 valence electrons. The summed E-state index contributed by atoms with van der Waals surface area (Å²) in [4.78, 5) is 0. The summed E-state index contributed by atoms with van der Waals surface area (Å²) in [6, 6.07) is 9.71. The van der Waals surface area contributed by atoms with Crippen LogP contribution < -0.4 is 5.32 Å². The molecule has 2 heteroatoms. The Morgan fingerprint density at radius 3 is 2.43 bits per heavy atom. The van der Waals surface area contributed by atoms with Crippen LogP contribution >= 0.6 is 0 Å². The number of ether oxygens (including phenoxy) is 1. The van der Waals surface area contributed by atoms with Crippen molar-refractivity contribution in [2.24, 2.45) is 5.41 Å². The first-order valence-electron chi connectivity index (χ1n) is 8.34. The highest BCUT2D eigenvalue weighted by Gasteiger charge is 2.21. The molecule has 1 aromatic carbocycles. The van der Waals surface area contributed by atoms with Crippen molar-refractivity contribution in [3.8, 4) is 0 Å². The van der Waals surface area contributed by atoms with E-state index >= 15 is 0 Å². The Morgan fingerprint density at radius 1 is 1.19 bits per heavy atom.